The average molecular weight is 641 g/mol. The second-order valence-corrected chi connectivity index (χ2v) is 14.3. The van der Waals surface area contributed by atoms with Crippen LogP contribution >= 0.6 is 0 Å². The number of halogens is 1. The van der Waals surface area contributed by atoms with Crippen molar-refractivity contribution in [2.75, 3.05) is 0 Å². The van der Waals surface area contributed by atoms with Gasteiger partial charge in [0.2, 0.25) is 5.91 Å². The van der Waals surface area contributed by atoms with Crippen LogP contribution in [0.4, 0.5) is 4.39 Å². The van der Waals surface area contributed by atoms with Crippen LogP contribution in [0, 0.1) is 34.5 Å². The SMILES string of the molecule is CC(=O)[C@H]1CC[C@H]2[C@@H]3C[C@H](C)C4=CC(=O)C=C[C@]4(C)[C@@]3(F)[C@@H](OC(=O)CCn3cnc(CC(NC(=O)C(C)N)C(=O)O)c3)C[C@]12C. The number of alkyl halides is 1. The van der Waals surface area contributed by atoms with Crippen LogP contribution in [0.1, 0.15) is 72.4 Å². The maximum atomic E-state index is 18.2. The number of aromatic nitrogens is 2. The van der Waals surface area contributed by atoms with Crippen LogP contribution in [0.15, 0.2) is 36.3 Å². The predicted octanol–water partition coefficient (Wildman–Crippen LogP) is 3.11. The highest BCUT2D eigenvalue weighted by Crippen LogP contribution is 2.70. The lowest BCUT2D eigenvalue weighted by Crippen LogP contribution is -2.68. The van der Waals surface area contributed by atoms with Gasteiger partial charge in [-0.2, -0.15) is 0 Å². The van der Waals surface area contributed by atoms with Gasteiger partial charge in [-0.15, -0.1) is 0 Å². The van der Waals surface area contributed by atoms with Crippen LogP contribution in [0.25, 0.3) is 0 Å². The lowest BCUT2D eigenvalue weighted by atomic mass is 9.43. The third-order valence-electron chi connectivity index (χ3n) is 11.4. The number of ketones is 2. The fraction of sp³-hybridized carbons (Fsp3) is 0.647. The lowest BCUT2D eigenvalue weighted by Gasteiger charge is -2.63. The molecule has 2 unspecified atom stereocenters. The highest BCUT2D eigenvalue weighted by atomic mass is 19.1. The number of nitrogens with zero attached hydrogens (tertiary/aromatic N) is 2. The number of hydrogen-bond acceptors (Lipinski definition) is 8. The number of carboxylic acid groups (broad SMARTS) is 1. The molecule has 3 saturated carbocycles. The summed E-state index contributed by atoms with van der Waals surface area (Å²) in [7, 11) is 0. The molecule has 1 aromatic heterocycles. The van der Waals surface area contributed by atoms with E-state index >= 15 is 4.39 Å². The van der Waals surface area contributed by atoms with Gasteiger partial charge in [0.05, 0.1) is 24.5 Å². The van der Waals surface area contributed by atoms with Crippen molar-refractivity contribution in [3.63, 3.8) is 0 Å². The summed E-state index contributed by atoms with van der Waals surface area (Å²) in [5.41, 5.74) is 2.98. The van der Waals surface area contributed by atoms with Gasteiger partial charge in [0.15, 0.2) is 11.5 Å². The summed E-state index contributed by atoms with van der Waals surface area (Å²) in [5.74, 6) is -3.38. The first-order valence-electron chi connectivity index (χ1n) is 16.1. The second-order valence-electron chi connectivity index (χ2n) is 14.3. The van der Waals surface area contributed by atoms with Gasteiger partial charge in [-0.05, 0) is 75.9 Å². The monoisotopic (exact) mass is 640 g/mol. The number of imidazole rings is 1. The zero-order valence-electron chi connectivity index (χ0n) is 27.1. The smallest absolute Gasteiger partial charge is 0.326 e. The van der Waals surface area contributed by atoms with Crippen molar-refractivity contribution in [1.82, 2.24) is 14.9 Å². The number of hydrogen-bond donors (Lipinski definition) is 3. The number of allylic oxidation sites excluding steroid dienone is 4. The highest BCUT2D eigenvalue weighted by Gasteiger charge is 2.72. The van der Waals surface area contributed by atoms with Crippen molar-refractivity contribution in [3.05, 3.63) is 42.0 Å². The molecule has 46 heavy (non-hydrogen) atoms. The van der Waals surface area contributed by atoms with Crippen LogP contribution < -0.4 is 11.1 Å². The molecule has 4 aliphatic carbocycles. The molecule has 0 saturated heterocycles. The van der Waals surface area contributed by atoms with Crippen LogP contribution in [-0.4, -0.2) is 67.9 Å². The minimum Gasteiger partial charge on any atom is -0.480 e. The van der Waals surface area contributed by atoms with E-state index in [1.54, 1.807) is 30.7 Å². The van der Waals surface area contributed by atoms with E-state index in [0.717, 1.165) is 6.42 Å². The summed E-state index contributed by atoms with van der Waals surface area (Å²) in [6.07, 6.45) is 8.43. The van der Waals surface area contributed by atoms with Crippen LogP contribution in [0.3, 0.4) is 0 Å². The van der Waals surface area contributed by atoms with Gasteiger partial charge in [-0.1, -0.05) is 25.5 Å². The standard InChI is InChI=1S/C34H45FN4O7/c1-18-12-26-24-7-6-23(20(3)40)32(24,4)15-28(34(26,35)33(5)10-8-22(41)14-25(18)33)46-29(42)9-11-39-16-21(37-17-39)13-27(31(44)45)38-30(43)19(2)36/h8,10,14,16-19,23-24,26-28H,6-7,9,11-13,15,36H2,1-5H3,(H,38,43)(H,44,45)/t18-,19?,23+,24-,26-,27?,28-,32+,33-,34-/m0/s1. The molecule has 5 rings (SSSR count). The number of carbonyl (C=O) groups is 5. The summed E-state index contributed by atoms with van der Waals surface area (Å²) in [4.78, 5) is 66.4. The Hall–Kier alpha value is -3.67. The summed E-state index contributed by atoms with van der Waals surface area (Å²) in [5, 5.41) is 11.9. The Labute approximate surface area is 268 Å². The van der Waals surface area contributed by atoms with Crippen molar-refractivity contribution in [2.24, 2.45) is 40.2 Å². The number of aryl methyl sites for hydroxylation is 1. The Balaban J connectivity index is 1.35. The third-order valence-corrected chi connectivity index (χ3v) is 11.4. The van der Waals surface area contributed by atoms with Crippen molar-refractivity contribution >= 4 is 29.4 Å². The topological polar surface area (TPSA) is 171 Å². The largest absolute Gasteiger partial charge is 0.480 e. The number of aliphatic carboxylic acids is 1. The molecule has 0 bridgehead atoms. The molecular formula is C34H45FN4O7. The minimum absolute atomic E-state index is 0.0500. The second kappa shape index (κ2) is 12.2. The van der Waals surface area contributed by atoms with E-state index in [1.165, 1.54) is 25.4 Å². The van der Waals surface area contributed by atoms with Crippen LogP contribution in [0.2, 0.25) is 0 Å². The fourth-order valence-electron chi connectivity index (χ4n) is 9.14. The molecule has 11 nitrogen and oxygen atoms in total. The number of rotatable bonds is 10. The Morgan fingerprint density at radius 3 is 2.61 bits per heavy atom. The van der Waals surface area contributed by atoms with E-state index in [-0.39, 0.29) is 55.1 Å². The predicted molar refractivity (Wildman–Crippen MR) is 165 cm³/mol. The van der Waals surface area contributed by atoms with Crippen LogP contribution in [0.5, 0.6) is 0 Å². The molecule has 250 valence electrons. The van der Waals surface area contributed by atoms with Gasteiger partial charge in [-0.3, -0.25) is 19.2 Å². The van der Waals surface area contributed by atoms with Crippen molar-refractivity contribution in [2.45, 2.75) is 104 Å². The minimum atomic E-state index is -1.98. The van der Waals surface area contributed by atoms with E-state index < -0.39 is 58.5 Å². The Morgan fingerprint density at radius 1 is 1.24 bits per heavy atom. The number of Topliss-reactive ketones (excluding diaryl/α,β-unsaturated/α-hetero) is 1. The quantitative estimate of drug-likeness (QED) is 0.325. The molecule has 3 fully saturated rings. The normalized spacial score (nSPS) is 36.0. The number of ether oxygens (including phenoxy) is 1. The number of fused-ring (bicyclic) bond motifs is 5. The molecular weight excluding hydrogens is 595 g/mol. The molecule has 4 N–H and O–H groups in total. The summed E-state index contributed by atoms with van der Waals surface area (Å²) in [6.45, 7) is 9.05. The first-order valence-corrected chi connectivity index (χ1v) is 16.1. The van der Waals surface area contributed by atoms with Crippen molar-refractivity contribution < 1.29 is 38.2 Å². The first kappa shape index (κ1) is 33.7. The molecule has 0 radical (unpaired) electrons. The van der Waals surface area contributed by atoms with E-state index in [1.807, 2.05) is 13.8 Å². The Kier molecular flexibility index (Phi) is 8.91. The van der Waals surface area contributed by atoms with Gasteiger partial charge < -0.3 is 25.5 Å². The third kappa shape index (κ3) is 5.62. The average Bonchev–Trinajstić information content (AvgIpc) is 3.57. The number of nitrogens with two attached hydrogens (primary N) is 1. The zero-order chi connectivity index (χ0) is 33.8. The molecule has 1 amide bonds. The lowest BCUT2D eigenvalue weighted by molar-refractivity contribution is -0.217. The Bertz CT molecular complexity index is 1500. The number of esters is 1. The number of nitrogens with one attached hydrogen (secondary N) is 1. The Morgan fingerprint density at radius 2 is 1.96 bits per heavy atom. The number of amides is 1. The molecule has 4 aliphatic rings. The van der Waals surface area contributed by atoms with E-state index in [0.29, 0.717) is 24.1 Å². The molecule has 0 spiro atoms. The molecule has 10 atom stereocenters. The molecule has 12 heteroatoms. The summed E-state index contributed by atoms with van der Waals surface area (Å²) in [6, 6.07) is -2.10. The zero-order valence-corrected chi connectivity index (χ0v) is 27.1. The van der Waals surface area contributed by atoms with Gasteiger partial charge in [0, 0.05) is 36.4 Å². The van der Waals surface area contributed by atoms with Gasteiger partial charge in [-0.25, -0.2) is 14.2 Å². The van der Waals surface area contributed by atoms with Crippen molar-refractivity contribution in [1.29, 1.82) is 0 Å². The number of carbonyl (C=O) groups excluding carboxylic acids is 4. The fourth-order valence-corrected chi connectivity index (χ4v) is 9.14. The maximum Gasteiger partial charge on any atom is 0.326 e. The first-order chi connectivity index (χ1) is 21.5. The molecule has 0 aromatic carbocycles. The van der Waals surface area contributed by atoms with Gasteiger partial charge >= 0.3 is 11.9 Å². The van der Waals surface area contributed by atoms with Gasteiger partial charge in [0.1, 0.15) is 17.9 Å². The summed E-state index contributed by atoms with van der Waals surface area (Å²) >= 11 is 0. The van der Waals surface area contributed by atoms with Crippen molar-refractivity contribution in [3.8, 4) is 0 Å². The van der Waals surface area contributed by atoms with Crippen LogP contribution in [-0.2, 0) is 41.7 Å². The number of carboxylic acids is 1. The molecule has 1 aromatic rings. The van der Waals surface area contributed by atoms with Gasteiger partial charge in [0.25, 0.3) is 0 Å². The van der Waals surface area contributed by atoms with E-state index in [2.05, 4.69) is 10.3 Å². The van der Waals surface area contributed by atoms with E-state index in [9.17, 15) is 29.1 Å². The molecule has 0 aliphatic heterocycles. The highest BCUT2D eigenvalue weighted by molar-refractivity contribution is 6.01. The maximum absolute atomic E-state index is 18.2. The summed E-state index contributed by atoms with van der Waals surface area (Å²) < 4.78 is 25.9. The molecule has 1 heterocycles. The van der Waals surface area contributed by atoms with E-state index in [4.69, 9.17) is 10.5 Å².